The predicted octanol–water partition coefficient (Wildman–Crippen LogP) is 3.06. The minimum atomic E-state index is -5.08. The van der Waals surface area contributed by atoms with Crippen LogP contribution in [0.25, 0.3) is 0 Å². The van der Waals surface area contributed by atoms with Crippen molar-refractivity contribution >= 4 is 11.9 Å². The Morgan fingerprint density at radius 2 is 1.58 bits per heavy atom. The Morgan fingerprint density at radius 3 is 2.00 bits per heavy atom. The molecule has 0 amide bonds. The number of rotatable bonds is 2. The molecule has 1 aliphatic carbocycles. The molecule has 0 spiro atoms. The summed E-state index contributed by atoms with van der Waals surface area (Å²) >= 11 is 0. The second-order valence-corrected chi connectivity index (χ2v) is 5.61. The number of aryl methyl sites for hydroxylation is 1. The van der Waals surface area contributed by atoms with Gasteiger partial charge in [-0.3, -0.25) is 0 Å². The number of halogens is 3. The smallest absolute Gasteiger partial charge is 0.475 e. The average molecular weight is 347 g/mol. The van der Waals surface area contributed by atoms with Gasteiger partial charge in [-0.25, -0.2) is 9.59 Å². The number of carboxylic acid groups (broad SMARTS) is 1. The predicted molar refractivity (Wildman–Crippen MR) is 80.5 cm³/mol. The van der Waals surface area contributed by atoms with Gasteiger partial charge < -0.3 is 15.6 Å². The lowest BCUT2D eigenvalue weighted by Gasteiger charge is -2.25. The summed E-state index contributed by atoms with van der Waals surface area (Å²) < 4.78 is 37.2. The molecule has 8 heteroatoms. The number of ether oxygens (including phenoxy) is 1. The molecule has 0 saturated heterocycles. The molecule has 0 aromatic heterocycles. The average Bonchev–Trinajstić information content (AvgIpc) is 2.50. The molecular weight excluding hydrogens is 327 g/mol. The number of nitrogens with two attached hydrogens (primary N) is 1. The van der Waals surface area contributed by atoms with Gasteiger partial charge in [0, 0.05) is 6.04 Å². The van der Waals surface area contributed by atoms with Gasteiger partial charge in [-0.05, 0) is 44.7 Å². The molecule has 0 atom stereocenters. The van der Waals surface area contributed by atoms with Crippen molar-refractivity contribution in [1.82, 2.24) is 0 Å². The lowest BCUT2D eigenvalue weighted by atomic mass is 9.94. The lowest BCUT2D eigenvalue weighted by molar-refractivity contribution is -0.192. The molecular formula is C16H20F3NO4. The summed E-state index contributed by atoms with van der Waals surface area (Å²) in [4.78, 5) is 20.7. The molecule has 3 N–H and O–H groups in total. The van der Waals surface area contributed by atoms with Gasteiger partial charge in [-0.2, -0.15) is 13.2 Å². The first-order chi connectivity index (χ1) is 11.1. The van der Waals surface area contributed by atoms with Gasteiger partial charge in [0.05, 0.1) is 5.56 Å². The molecule has 5 nitrogen and oxygen atoms in total. The molecule has 1 aromatic rings. The van der Waals surface area contributed by atoms with Gasteiger partial charge in [0.25, 0.3) is 0 Å². The molecule has 134 valence electrons. The monoisotopic (exact) mass is 347 g/mol. The molecule has 24 heavy (non-hydrogen) atoms. The van der Waals surface area contributed by atoms with E-state index in [1.54, 1.807) is 0 Å². The van der Waals surface area contributed by atoms with Crippen molar-refractivity contribution in [1.29, 1.82) is 0 Å². The van der Waals surface area contributed by atoms with E-state index in [1.165, 1.54) is 0 Å². The van der Waals surface area contributed by atoms with Crippen LogP contribution in [0.1, 0.15) is 41.6 Å². The molecule has 1 saturated carbocycles. The number of carbonyl (C=O) groups excluding carboxylic acids is 1. The maximum absolute atomic E-state index is 11.9. The fraction of sp³-hybridized carbons (Fsp3) is 0.500. The fourth-order valence-corrected chi connectivity index (χ4v) is 2.12. The Morgan fingerprint density at radius 1 is 1.12 bits per heavy atom. The second kappa shape index (κ2) is 8.68. The molecule has 1 aliphatic rings. The number of esters is 1. The zero-order valence-electron chi connectivity index (χ0n) is 13.2. The highest BCUT2D eigenvalue weighted by Gasteiger charge is 2.38. The first kappa shape index (κ1) is 20.0. The Balaban J connectivity index is 0.000000351. The standard InChI is InChI=1S/C14H19NO2.C2HF3O2/c1-10-2-4-11(5-3-10)14(16)17-13-8-6-12(15)7-9-13;3-2(4,5)1(6)7/h2-5,12-13H,6-9,15H2,1H3;(H,6,7)/t12-,13-;. The lowest BCUT2D eigenvalue weighted by Crippen LogP contribution is -2.31. The molecule has 0 aliphatic heterocycles. The Bertz CT molecular complexity index is 549. The zero-order chi connectivity index (χ0) is 18.3. The highest BCUT2D eigenvalue weighted by molar-refractivity contribution is 5.89. The van der Waals surface area contributed by atoms with E-state index in [9.17, 15) is 18.0 Å². The van der Waals surface area contributed by atoms with Crippen LogP contribution in [0.15, 0.2) is 24.3 Å². The molecule has 0 heterocycles. The minimum absolute atomic E-state index is 0.0450. The van der Waals surface area contributed by atoms with Gasteiger partial charge in [-0.1, -0.05) is 17.7 Å². The summed E-state index contributed by atoms with van der Waals surface area (Å²) in [7, 11) is 0. The van der Waals surface area contributed by atoms with Gasteiger partial charge in [-0.15, -0.1) is 0 Å². The zero-order valence-corrected chi connectivity index (χ0v) is 13.2. The van der Waals surface area contributed by atoms with Gasteiger partial charge in [0.1, 0.15) is 6.10 Å². The van der Waals surface area contributed by atoms with Crippen molar-refractivity contribution in [2.45, 2.75) is 50.9 Å². The Kier molecular flexibility index (Phi) is 7.21. The van der Waals surface area contributed by atoms with Gasteiger partial charge in [0.2, 0.25) is 0 Å². The Hall–Kier alpha value is -2.09. The van der Waals surface area contributed by atoms with E-state index in [0.29, 0.717) is 5.56 Å². The molecule has 1 fully saturated rings. The number of aliphatic carboxylic acids is 1. The van der Waals surface area contributed by atoms with Crippen LogP contribution >= 0.6 is 0 Å². The second-order valence-electron chi connectivity index (χ2n) is 5.61. The van der Waals surface area contributed by atoms with Gasteiger partial charge in [0.15, 0.2) is 0 Å². The van der Waals surface area contributed by atoms with Crippen molar-refractivity contribution in [3.05, 3.63) is 35.4 Å². The first-order valence-corrected chi connectivity index (χ1v) is 7.43. The van der Waals surface area contributed by atoms with Crippen molar-refractivity contribution in [2.24, 2.45) is 5.73 Å². The van der Waals surface area contributed by atoms with Crippen LogP contribution in [-0.4, -0.2) is 35.4 Å². The van der Waals surface area contributed by atoms with Gasteiger partial charge >= 0.3 is 18.1 Å². The van der Waals surface area contributed by atoms with Crippen LogP contribution in [0.4, 0.5) is 13.2 Å². The van der Waals surface area contributed by atoms with Crippen molar-refractivity contribution in [3.63, 3.8) is 0 Å². The van der Waals surface area contributed by atoms with E-state index >= 15 is 0 Å². The van der Waals surface area contributed by atoms with Crippen molar-refractivity contribution in [2.75, 3.05) is 0 Å². The molecule has 0 unspecified atom stereocenters. The normalized spacial score (nSPS) is 20.5. The van der Waals surface area contributed by atoms with E-state index in [4.69, 9.17) is 20.4 Å². The number of hydrogen-bond acceptors (Lipinski definition) is 4. The quantitative estimate of drug-likeness (QED) is 0.803. The Labute approximate surface area is 137 Å². The van der Waals surface area contributed by atoms with E-state index in [-0.39, 0.29) is 18.1 Å². The van der Waals surface area contributed by atoms with Crippen molar-refractivity contribution < 1.29 is 32.6 Å². The molecule has 0 bridgehead atoms. The first-order valence-electron chi connectivity index (χ1n) is 7.43. The number of carboxylic acids is 1. The number of hydrogen-bond donors (Lipinski definition) is 2. The largest absolute Gasteiger partial charge is 0.490 e. The van der Waals surface area contributed by atoms with E-state index < -0.39 is 12.1 Å². The summed E-state index contributed by atoms with van der Waals surface area (Å²) in [5.41, 5.74) is 7.59. The van der Waals surface area contributed by atoms with Crippen LogP contribution in [0, 0.1) is 6.92 Å². The number of carbonyl (C=O) groups is 2. The summed E-state index contributed by atoms with van der Waals surface area (Å²) in [5, 5.41) is 7.12. The van der Waals surface area contributed by atoms with Crippen LogP contribution in [0.5, 0.6) is 0 Å². The SMILES string of the molecule is Cc1ccc(C(=O)O[C@H]2CC[C@H](N)CC2)cc1.O=C(O)C(F)(F)F. The summed E-state index contributed by atoms with van der Waals surface area (Å²) in [6.07, 6.45) is -1.36. The van der Waals surface area contributed by atoms with Crippen LogP contribution < -0.4 is 5.73 Å². The van der Waals surface area contributed by atoms with E-state index in [1.807, 2.05) is 31.2 Å². The topological polar surface area (TPSA) is 89.6 Å². The van der Waals surface area contributed by atoms with Crippen LogP contribution in [0.3, 0.4) is 0 Å². The highest BCUT2D eigenvalue weighted by Crippen LogP contribution is 2.21. The third-order valence-corrected chi connectivity index (χ3v) is 3.52. The van der Waals surface area contributed by atoms with E-state index in [2.05, 4.69) is 0 Å². The third kappa shape index (κ3) is 6.99. The minimum Gasteiger partial charge on any atom is -0.475 e. The summed E-state index contributed by atoms with van der Waals surface area (Å²) in [6, 6.07) is 7.75. The van der Waals surface area contributed by atoms with Crippen LogP contribution in [-0.2, 0) is 9.53 Å². The highest BCUT2D eigenvalue weighted by atomic mass is 19.4. The van der Waals surface area contributed by atoms with Crippen LogP contribution in [0.2, 0.25) is 0 Å². The summed E-state index contributed by atoms with van der Waals surface area (Å²) in [6.45, 7) is 2.00. The maximum atomic E-state index is 11.9. The van der Waals surface area contributed by atoms with E-state index in [0.717, 1.165) is 31.2 Å². The third-order valence-electron chi connectivity index (χ3n) is 3.52. The molecule has 2 rings (SSSR count). The molecule has 0 radical (unpaired) electrons. The number of benzene rings is 1. The maximum Gasteiger partial charge on any atom is 0.490 e. The number of alkyl halides is 3. The van der Waals surface area contributed by atoms with Crippen molar-refractivity contribution in [3.8, 4) is 0 Å². The fourth-order valence-electron chi connectivity index (χ4n) is 2.12. The summed E-state index contributed by atoms with van der Waals surface area (Å²) in [5.74, 6) is -2.97. The molecule has 1 aromatic carbocycles.